The molecule has 14 aromatic rings. The smallest absolute Gasteiger partial charge is 0.160 e. The van der Waals surface area contributed by atoms with Gasteiger partial charge in [0, 0.05) is 72.0 Å². The van der Waals surface area contributed by atoms with Crippen LogP contribution in [0.2, 0.25) is 0 Å². The van der Waals surface area contributed by atoms with E-state index in [9.17, 15) is 0 Å². The number of hydrogen-bond donors (Lipinski definition) is 0. The summed E-state index contributed by atoms with van der Waals surface area (Å²) in [6, 6.07) is 99.5. The number of fused-ring (bicyclic) bond motifs is 12. The molecule has 0 unspecified atom stereocenters. The Hall–Kier alpha value is -9.90. The highest BCUT2D eigenvalue weighted by Crippen LogP contribution is 2.56. The number of para-hydroxylation sites is 4. The Balaban J connectivity index is 1.08. The monoisotopic (exact) mass is 985 g/mol. The van der Waals surface area contributed by atoms with Crippen molar-refractivity contribution in [2.45, 2.75) is 19.3 Å². The lowest BCUT2D eigenvalue weighted by molar-refractivity contribution is 0.660. The Morgan fingerprint density at radius 1 is 0.364 bits per heavy atom. The van der Waals surface area contributed by atoms with E-state index in [4.69, 9.17) is 4.42 Å². The Morgan fingerprint density at radius 2 is 0.948 bits per heavy atom. The molecule has 0 atom stereocenters. The second-order valence-corrected chi connectivity index (χ2v) is 20.8. The molecule has 0 spiro atoms. The Kier molecular flexibility index (Phi) is 10.2. The number of aromatic nitrogens is 1. The van der Waals surface area contributed by atoms with Gasteiger partial charge in [-0.25, -0.2) is 0 Å². The molecule has 2 heterocycles. The van der Waals surface area contributed by atoms with Crippen molar-refractivity contribution in [1.82, 2.24) is 4.57 Å². The topological polar surface area (TPSA) is 24.6 Å². The van der Waals surface area contributed by atoms with Gasteiger partial charge in [0.05, 0.1) is 16.7 Å². The number of rotatable bonds is 9. The van der Waals surface area contributed by atoms with Crippen LogP contribution in [0, 0.1) is 0 Å². The zero-order chi connectivity index (χ0) is 51.2. The summed E-state index contributed by atoms with van der Waals surface area (Å²) >= 11 is 0. The minimum atomic E-state index is -0.206. The molecule has 0 fully saturated rings. The molecule has 12 aromatic carbocycles. The normalized spacial score (nSPS) is 12.6. The zero-order valence-electron chi connectivity index (χ0n) is 42.7. The van der Waals surface area contributed by atoms with Crippen LogP contribution in [-0.2, 0) is 5.41 Å². The molecule has 0 saturated heterocycles. The Labute approximate surface area is 447 Å². The predicted octanol–water partition coefficient (Wildman–Crippen LogP) is 20.4. The van der Waals surface area contributed by atoms with E-state index in [1.54, 1.807) is 0 Å². The number of hydrogen-bond acceptors (Lipinski definition) is 3. The molecular weight excluding hydrogens is 935 g/mol. The number of nitrogens with zero attached hydrogens (tertiary/aromatic N) is 3. The van der Waals surface area contributed by atoms with Crippen molar-refractivity contribution < 1.29 is 4.42 Å². The summed E-state index contributed by atoms with van der Waals surface area (Å²) in [4.78, 5) is 4.90. The molecule has 0 radical (unpaired) electrons. The lowest BCUT2D eigenvalue weighted by atomic mass is 9.82. The fourth-order valence-corrected chi connectivity index (χ4v) is 12.6. The van der Waals surface area contributed by atoms with Gasteiger partial charge >= 0.3 is 0 Å². The van der Waals surface area contributed by atoms with E-state index in [-0.39, 0.29) is 5.41 Å². The molecule has 0 aliphatic heterocycles. The van der Waals surface area contributed by atoms with Gasteiger partial charge in [-0.3, -0.25) is 0 Å². The maximum absolute atomic E-state index is 7.27. The first-order valence-electron chi connectivity index (χ1n) is 26.6. The summed E-state index contributed by atoms with van der Waals surface area (Å²) in [7, 11) is 0. The lowest BCUT2D eigenvalue weighted by Crippen LogP contribution is -2.16. The number of furan rings is 1. The van der Waals surface area contributed by atoms with E-state index in [0.29, 0.717) is 0 Å². The van der Waals surface area contributed by atoms with Crippen molar-refractivity contribution in [1.29, 1.82) is 0 Å². The number of benzene rings is 12. The third-order valence-corrected chi connectivity index (χ3v) is 16.1. The summed E-state index contributed by atoms with van der Waals surface area (Å²) in [6.45, 7) is 4.73. The fourth-order valence-electron chi connectivity index (χ4n) is 12.6. The highest BCUT2D eigenvalue weighted by Gasteiger charge is 2.38. The van der Waals surface area contributed by atoms with Crippen molar-refractivity contribution in [3.05, 3.63) is 284 Å². The van der Waals surface area contributed by atoms with Crippen LogP contribution in [0.1, 0.15) is 25.0 Å². The molecular formula is C73H51N3O. The molecule has 0 amide bonds. The molecule has 0 N–H and O–H groups in total. The molecule has 4 nitrogen and oxygen atoms in total. The summed E-state index contributed by atoms with van der Waals surface area (Å²) < 4.78 is 9.71. The second kappa shape index (κ2) is 17.6. The maximum atomic E-state index is 7.27. The molecule has 15 rings (SSSR count). The third-order valence-electron chi connectivity index (χ3n) is 16.1. The van der Waals surface area contributed by atoms with Gasteiger partial charge in [0.2, 0.25) is 0 Å². The minimum Gasteiger partial charge on any atom is -0.454 e. The van der Waals surface area contributed by atoms with Crippen molar-refractivity contribution in [2.75, 3.05) is 9.80 Å². The van der Waals surface area contributed by atoms with Crippen molar-refractivity contribution in [3.63, 3.8) is 0 Å². The van der Waals surface area contributed by atoms with E-state index < -0.39 is 0 Å². The van der Waals surface area contributed by atoms with Crippen LogP contribution < -0.4 is 9.80 Å². The van der Waals surface area contributed by atoms with E-state index in [2.05, 4.69) is 301 Å². The quantitative estimate of drug-likeness (QED) is 0.144. The summed E-state index contributed by atoms with van der Waals surface area (Å²) in [5, 5.41) is 6.81. The molecule has 4 heteroatoms. The molecule has 0 saturated carbocycles. The van der Waals surface area contributed by atoms with E-state index >= 15 is 0 Å². The molecule has 2 aromatic heterocycles. The minimum absolute atomic E-state index is 0.206. The summed E-state index contributed by atoms with van der Waals surface area (Å²) in [6.07, 6.45) is 0. The first-order chi connectivity index (χ1) is 38.0. The largest absolute Gasteiger partial charge is 0.454 e. The summed E-state index contributed by atoms with van der Waals surface area (Å²) in [5.74, 6) is 0. The van der Waals surface area contributed by atoms with Crippen LogP contribution in [-0.4, -0.2) is 4.57 Å². The van der Waals surface area contributed by atoms with E-state index in [0.717, 1.165) is 94.9 Å². The Bertz CT molecular complexity index is 4540. The highest BCUT2D eigenvalue weighted by atomic mass is 16.3. The lowest BCUT2D eigenvalue weighted by Gasteiger charge is -2.32. The first-order valence-corrected chi connectivity index (χ1v) is 26.6. The van der Waals surface area contributed by atoms with Crippen LogP contribution in [0.15, 0.2) is 277 Å². The fraction of sp³-hybridized carbons (Fsp3) is 0.0411. The standard InChI is InChI=1S/C73H51N3O/c1-73(2)64-34-19-17-32-60(64)69-65(73)35-21-36-66(69)75(55-41-38-49(39-42-55)48-22-7-3-8-23-48)57-45-51(44-56(46-57)74(52-25-9-4-10-26-52)53-27-11-5-12-28-53)62-47-63-59-43-40-50-24-15-16-31-58(50)70(59)76(54-29-13-6-14-30-54)71(63)72-68(62)61-33-18-20-37-67(61)77-72/h3-47H,1-2H3. The van der Waals surface area contributed by atoms with Gasteiger partial charge in [0.25, 0.3) is 0 Å². The molecule has 1 aliphatic rings. The van der Waals surface area contributed by atoms with Crippen molar-refractivity contribution in [2.24, 2.45) is 0 Å². The van der Waals surface area contributed by atoms with Gasteiger partial charge in [0.1, 0.15) is 5.58 Å². The number of anilines is 6. The zero-order valence-corrected chi connectivity index (χ0v) is 42.7. The van der Waals surface area contributed by atoms with E-state index in [1.165, 1.54) is 44.0 Å². The van der Waals surface area contributed by atoms with Gasteiger partial charge < -0.3 is 18.8 Å². The highest BCUT2D eigenvalue weighted by molar-refractivity contribution is 6.28. The van der Waals surface area contributed by atoms with Gasteiger partial charge in [0.15, 0.2) is 5.58 Å². The average molecular weight is 986 g/mol. The first kappa shape index (κ1) is 44.6. The molecule has 77 heavy (non-hydrogen) atoms. The van der Waals surface area contributed by atoms with Gasteiger partial charge in [-0.15, -0.1) is 0 Å². The third kappa shape index (κ3) is 7.06. The molecule has 1 aliphatic carbocycles. The molecule has 364 valence electrons. The van der Waals surface area contributed by atoms with Crippen LogP contribution in [0.5, 0.6) is 0 Å². The van der Waals surface area contributed by atoms with E-state index in [1.807, 2.05) is 0 Å². The van der Waals surface area contributed by atoms with Crippen LogP contribution >= 0.6 is 0 Å². The Morgan fingerprint density at radius 3 is 1.69 bits per heavy atom. The molecule has 0 bridgehead atoms. The predicted molar refractivity (Wildman–Crippen MR) is 323 cm³/mol. The van der Waals surface area contributed by atoms with Crippen molar-refractivity contribution >= 4 is 88.6 Å². The maximum Gasteiger partial charge on any atom is 0.160 e. The average Bonchev–Trinajstić information content (AvgIpc) is 4.18. The van der Waals surface area contributed by atoms with Gasteiger partial charge in [-0.05, 0) is 129 Å². The SMILES string of the molecule is CC1(C)c2ccccc2-c2c(N(c3ccc(-c4ccccc4)cc3)c3cc(-c4cc5c6ccc7ccccc7c6n(-c6ccccc6)c5c5oc6ccccc6c45)cc(N(c4ccccc4)c4ccccc4)c3)cccc21. The second-order valence-electron chi connectivity index (χ2n) is 20.8. The van der Waals surface area contributed by atoms with Gasteiger partial charge in [-0.2, -0.15) is 0 Å². The van der Waals surface area contributed by atoms with Crippen LogP contribution in [0.3, 0.4) is 0 Å². The van der Waals surface area contributed by atoms with Crippen molar-refractivity contribution in [3.8, 4) is 39.1 Å². The van der Waals surface area contributed by atoms with Gasteiger partial charge in [-0.1, -0.05) is 202 Å². The summed E-state index contributed by atoms with van der Waals surface area (Å²) in [5.41, 5.74) is 20.8. The van der Waals surface area contributed by atoms with Crippen LogP contribution in [0.25, 0.3) is 93.6 Å². The van der Waals surface area contributed by atoms with Crippen LogP contribution in [0.4, 0.5) is 34.1 Å².